The summed E-state index contributed by atoms with van der Waals surface area (Å²) in [6.45, 7) is 0.633. The molecule has 0 saturated heterocycles. The van der Waals surface area contributed by atoms with Crippen LogP contribution in [0.3, 0.4) is 0 Å². The van der Waals surface area contributed by atoms with Crippen LogP contribution in [0.15, 0.2) is 65.4 Å². The van der Waals surface area contributed by atoms with Crippen molar-refractivity contribution in [2.75, 3.05) is 13.2 Å². The van der Waals surface area contributed by atoms with E-state index in [1.807, 2.05) is 35.7 Å². The number of amides is 1. The molecule has 1 aliphatic carbocycles. The second kappa shape index (κ2) is 8.23. The molecule has 0 bridgehead atoms. The monoisotopic (exact) mass is 389 g/mol. The Kier molecular flexibility index (Phi) is 5.35. The predicted octanol–water partition coefficient (Wildman–Crippen LogP) is 5.11. The average molecular weight is 389 g/mol. The summed E-state index contributed by atoms with van der Waals surface area (Å²) in [4.78, 5) is 23.0. The highest BCUT2D eigenvalue weighted by molar-refractivity contribution is 7.08. The normalized spacial score (nSPS) is 12.6. The Balaban J connectivity index is 1.34. The number of alkyl carbamates (subject to hydrolysis) is 1. The number of aldehydes is 1. The maximum atomic E-state index is 12.1. The molecule has 2 aromatic carbocycles. The highest BCUT2D eigenvalue weighted by atomic mass is 32.1. The first-order valence-corrected chi connectivity index (χ1v) is 9.99. The molecule has 1 heterocycles. The minimum Gasteiger partial charge on any atom is -0.449 e. The Labute approximate surface area is 167 Å². The van der Waals surface area contributed by atoms with Crippen molar-refractivity contribution >= 4 is 29.8 Å². The van der Waals surface area contributed by atoms with E-state index in [0.717, 1.165) is 11.8 Å². The summed E-state index contributed by atoms with van der Waals surface area (Å²) in [5, 5.41) is 6.42. The molecule has 1 aromatic heterocycles. The fourth-order valence-electron chi connectivity index (χ4n) is 3.53. The molecule has 0 saturated carbocycles. The summed E-state index contributed by atoms with van der Waals surface area (Å²) in [5.41, 5.74) is 6.30. The number of rotatable bonds is 6. The summed E-state index contributed by atoms with van der Waals surface area (Å²) < 4.78 is 5.48. The van der Waals surface area contributed by atoms with Crippen LogP contribution >= 0.6 is 11.3 Å². The molecule has 0 unspecified atom stereocenters. The lowest BCUT2D eigenvalue weighted by Crippen LogP contribution is -2.26. The lowest BCUT2D eigenvalue weighted by atomic mass is 9.98. The van der Waals surface area contributed by atoms with Gasteiger partial charge in [-0.2, -0.15) is 11.3 Å². The van der Waals surface area contributed by atoms with Gasteiger partial charge in [0, 0.05) is 23.4 Å². The Bertz CT molecular complexity index is 992. The van der Waals surface area contributed by atoms with Crippen LogP contribution in [0.5, 0.6) is 0 Å². The first-order chi connectivity index (χ1) is 13.8. The zero-order valence-electron chi connectivity index (χ0n) is 15.1. The Morgan fingerprint density at radius 3 is 2.32 bits per heavy atom. The van der Waals surface area contributed by atoms with Gasteiger partial charge < -0.3 is 10.1 Å². The third kappa shape index (κ3) is 3.62. The van der Waals surface area contributed by atoms with E-state index in [4.69, 9.17) is 4.74 Å². The Morgan fingerprint density at radius 1 is 1.00 bits per heavy atom. The van der Waals surface area contributed by atoms with Crippen molar-refractivity contribution < 1.29 is 14.3 Å². The van der Waals surface area contributed by atoms with E-state index < -0.39 is 6.09 Å². The first kappa shape index (κ1) is 18.2. The highest BCUT2D eigenvalue weighted by Crippen LogP contribution is 2.44. The maximum Gasteiger partial charge on any atom is 0.407 e. The lowest BCUT2D eigenvalue weighted by Gasteiger charge is -2.14. The van der Waals surface area contributed by atoms with Crippen molar-refractivity contribution in [1.29, 1.82) is 0 Å². The minimum atomic E-state index is -0.451. The second-order valence-corrected chi connectivity index (χ2v) is 7.25. The third-order valence-corrected chi connectivity index (χ3v) is 5.64. The van der Waals surface area contributed by atoms with Crippen molar-refractivity contribution in [3.8, 4) is 11.1 Å². The van der Waals surface area contributed by atoms with Crippen LogP contribution < -0.4 is 5.32 Å². The number of hydrogen-bond donors (Lipinski definition) is 1. The van der Waals surface area contributed by atoms with Crippen molar-refractivity contribution in [2.24, 2.45) is 0 Å². The van der Waals surface area contributed by atoms with Crippen LogP contribution in [0.25, 0.3) is 17.2 Å². The molecule has 4 rings (SSSR count). The zero-order chi connectivity index (χ0) is 19.3. The predicted molar refractivity (Wildman–Crippen MR) is 112 cm³/mol. The quantitative estimate of drug-likeness (QED) is 0.596. The summed E-state index contributed by atoms with van der Waals surface area (Å²) in [5.74, 6) is 0.0506. The smallest absolute Gasteiger partial charge is 0.407 e. The van der Waals surface area contributed by atoms with Crippen molar-refractivity contribution in [1.82, 2.24) is 5.32 Å². The Morgan fingerprint density at radius 2 is 1.64 bits per heavy atom. The average Bonchev–Trinajstić information content (AvgIpc) is 3.32. The van der Waals surface area contributed by atoms with Gasteiger partial charge >= 0.3 is 6.09 Å². The molecule has 3 aromatic rings. The number of carbonyl (C=O) groups is 2. The van der Waals surface area contributed by atoms with Gasteiger partial charge in [-0.1, -0.05) is 60.7 Å². The van der Waals surface area contributed by atoms with Gasteiger partial charge in [0.15, 0.2) is 6.29 Å². The third-order valence-electron chi connectivity index (χ3n) is 4.86. The fourth-order valence-corrected chi connectivity index (χ4v) is 4.29. The molecule has 1 N–H and O–H groups in total. The molecule has 0 radical (unpaired) electrons. The molecule has 1 amide bonds. The highest BCUT2D eigenvalue weighted by Gasteiger charge is 2.28. The summed E-state index contributed by atoms with van der Waals surface area (Å²) >= 11 is 1.47. The SMILES string of the molecule is O=Cc1cscc1C=CCNC(=O)OCC1c2ccccc2-c2ccccc21. The number of thiophene rings is 1. The van der Waals surface area contributed by atoms with Gasteiger partial charge in [-0.25, -0.2) is 4.79 Å². The number of ether oxygens (including phenoxy) is 1. The molecule has 5 heteroatoms. The first-order valence-electron chi connectivity index (χ1n) is 9.04. The van der Waals surface area contributed by atoms with Gasteiger partial charge in [-0.05, 0) is 33.2 Å². The maximum absolute atomic E-state index is 12.1. The summed E-state index contributed by atoms with van der Waals surface area (Å²) in [7, 11) is 0. The molecule has 28 heavy (non-hydrogen) atoms. The molecule has 1 aliphatic rings. The van der Waals surface area contributed by atoms with Crippen molar-refractivity contribution in [3.05, 3.63) is 87.6 Å². The summed E-state index contributed by atoms with van der Waals surface area (Å²) in [6, 6.07) is 16.5. The number of hydrogen-bond acceptors (Lipinski definition) is 4. The van der Waals surface area contributed by atoms with Gasteiger partial charge in [0.05, 0.1) is 0 Å². The van der Waals surface area contributed by atoms with Crippen LogP contribution in [0.2, 0.25) is 0 Å². The van der Waals surface area contributed by atoms with Gasteiger partial charge in [-0.15, -0.1) is 0 Å². The van der Waals surface area contributed by atoms with Gasteiger partial charge in [-0.3, -0.25) is 4.79 Å². The topological polar surface area (TPSA) is 55.4 Å². The molecular weight excluding hydrogens is 370 g/mol. The lowest BCUT2D eigenvalue weighted by molar-refractivity contribution is 0.112. The van der Waals surface area contributed by atoms with E-state index in [1.54, 1.807) is 11.5 Å². The molecule has 140 valence electrons. The van der Waals surface area contributed by atoms with Crippen LogP contribution in [0.1, 0.15) is 33.0 Å². The van der Waals surface area contributed by atoms with E-state index in [1.165, 1.54) is 33.6 Å². The molecule has 0 fully saturated rings. The van der Waals surface area contributed by atoms with Crippen LogP contribution in [0.4, 0.5) is 4.79 Å². The summed E-state index contributed by atoms with van der Waals surface area (Å²) in [6.07, 6.45) is 4.00. The van der Waals surface area contributed by atoms with E-state index in [-0.39, 0.29) is 5.92 Å². The van der Waals surface area contributed by atoms with Crippen molar-refractivity contribution in [3.63, 3.8) is 0 Å². The number of fused-ring (bicyclic) bond motifs is 3. The van der Waals surface area contributed by atoms with Crippen LogP contribution in [-0.2, 0) is 4.74 Å². The van der Waals surface area contributed by atoms with Gasteiger partial charge in [0.25, 0.3) is 0 Å². The van der Waals surface area contributed by atoms with E-state index in [2.05, 4.69) is 29.6 Å². The van der Waals surface area contributed by atoms with Crippen LogP contribution in [0, 0.1) is 0 Å². The number of benzene rings is 2. The second-order valence-electron chi connectivity index (χ2n) is 6.51. The number of carbonyl (C=O) groups excluding carboxylic acids is 2. The van der Waals surface area contributed by atoms with Gasteiger partial charge in [0.2, 0.25) is 0 Å². The largest absolute Gasteiger partial charge is 0.449 e. The molecule has 0 aliphatic heterocycles. The molecular formula is C23H19NO3S. The molecule has 0 atom stereocenters. The Hall–Kier alpha value is -3.18. The van der Waals surface area contributed by atoms with E-state index >= 15 is 0 Å². The fraction of sp³-hybridized carbons (Fsp3) is 0.130. The van der Waals surface area contributed by atoms with E-state index in [9.17, 15) is 9.59 Å². The van der Waals surface area contributed by atoms with Gasteiger partial charge in [0.1, 0.15) is 6.61 Å². The number of nitrogens with one attached hydrogen (secondary N) is 1. The van der Waals surface area contributed by atoms with E-state index in [0.29, 0.717) is 18.7 Å². The standard InChI is InChI=1S/C23H19NO3S/c25-12-17-15-28-14-16(17)6-5-11-24-23(26)27-13-22-20-9-3-1-7-18(20)19-8-2-4-10-21(19)22/h1-10,12,14-15,22H,11,13H2,(H,24,26). The van der Waals surface area contributed by atoms with Crippen LogP contribution in [-0.4, -0.2) is 25.5 Å². The zero-order valence-corrected chi connectivity index (χ0v) is 15.9. The van der Waals surface area contributed by atoms with Crippen molar-refractivity contribution in [2.45, 2.75) is 5.92 Å². The molecule has 4 nitrogen and oxygen atoms in total. The minimum absolute atomic E-state index is 0.0506. The molecule has 0 spiro atoms.